The van der Waals surface area contributed by atoms with E-state index in [1.165, 1.54) is 5.56 Å². The van der Waals surface area contributed by atoms with Crippen LogP contribution < -0.4 is 5.73 Å². The number of hydrogen-bond acceptors (Lipinski definition) is 3. The highest BCUT2D eigenvalue weighted by Gasteiger charge is 2.10. The molecule has 0 atom stereocenters. The minimum Gasteiger partial charge on any atom is -0.399 e. The Balaban J connectivity index is 2.34. The molecule has 0 bridgehead atoms. The molecular formula is C14H14N4. The normalized spacial score (nSPS) is 11.0. The molecule has 0 radical (unpaired) electrons. The SMILES string of the molecule is Cc1ccc(N)cc1-c1cncc2c1cnn2C. The quantitative estimate of drug-likeness (QED) is 0.663. The van der Waals surface area contributed by atoms with Gasteiger partial charge in [-0.3, -0.25) is 9.67 Å². The van der Waals surface area contributed by atoms with Crippen LogP contribution >= 0.6 is 0 Å². The number of hydrogen-bond donors (Lipinski definition) is 1. The van der Waals surface area contributed by atoms with E-state index in [0.29, 0.717) is 0 Å². The summed E-state index contributed by atoms with van der Waals surface area (Å²) >= 11 is 0. The van der Waals surface area contributed by atoms with Gasteiger partial charge in [-0.25, -0.2) is 0 Å². The Morgan fingerprint density at radius 2 is 1.94 bits per heavy atom. The van der Waals surface area contributed by atoms with Crippen molar-refractivity contribution in [2.75, 3.05) is 5.73 Å². The first kappa shape index (κ1) is 10.8. The molecule has 0 amide bonds. The molecule has 0 saturated heterocycles. The highest BCUT2D eigenvalue weighted by atomic mass is 15.2. The third-order valence-corrected chi connectivity index (χ3v) is 3.23. The largest absolute Gasteiger partial charge is 0.399 e. The van der Waals surface area contributed by atoms with E-state index < -0.39 is 0 Å². The zero-order valence-corrected chi connectivity index (χ0v) is 10.4. The highest BCUT2D eigenvalue weighted by Crippen LogP contribution is 2.30. The summed E-state index contributed by atoms with van der Waals surface area (Å²) in [6, 6.07) is 5.92. The van der Waals surface area contributed by atoms with Gasteiger partial charge >= 0.3 is 0 Å². The van der Waals surface area contributed by atoms with E-state index in [1.54, 1.807) is 0 Å². The molecule has 2 N–H and O–H groups in total. The van der Waals surface area contributed by atoms with Gasteiger partial charge in [0.25, 0.3) is 0 Å². The van der Waals surface area contributed by atoms with E-state index >= 15 is 0 Å². The van der Waals surface area contributed by atoms with Crippen LogP contribution in [0.2, 0.25) is 0 Å². The number of anilines is 1. The summed E-state index contributed by atoms with van der Waals surface area (Å²) in [7, 11) is 1.92. The van der Waals surface area contributed by atoms with Gasteiger partial charge in [-0.05, 0) is 30.2 Å². The zero-order chi connectivity index (χ0) is 12.7. The van der Waals surface area contributed by atoms with Crippen LogP contribution in [-0.2, 0) is 7.05 Å². The molecule has 1 aromatic carbocycles. The first-order valence-corrected chi connectivity index (χ1v) is 5.79. The summed E-state index contributed by atoms with van der Waals surface area (Å²) < 4.78 is 1.83. The number of pyridine rings is 1. The van der Waals surface area contributed by atoms with E-state index in [-0.39, 0.29) is 0 Å². The number of nitrogens with zero attached hydrogens (tertiary/aromatic N) is 3. The van der Waals surface area contributed by atoms with E-state index in [4.69, 9.17) is 5.73 Å². The van der Waals surface area contributed by atoms with Crippen LogP contribution in [0.1, 0.15) is 5.56 Å². The summed E-state index contributed by atoms with van der Waals surface area (Å²) in [5.41, 5.74) is 11.0. The molecule has 0 spiro atoms. The number of nitrogens with two attached hydrogens (primary N) is 1. The molecule has 0 aliphatic rings. The average molecular weight is 238 g/mol. The van der Waals surface area contributed by atoms with Gasteiger partial charge in [0.05, 0.1) is 17.9 Å². The fourth-order valence-electron chi connectivity index (χ4n) is 2.20. The van der Waals surface area contributed by atoms with Crippen LogP contribution in [0, 0.1) is 6.92 Å². The number of aryl methyl sites for hydroxylation is 2. The van der Waals surface area contributed by atoms with E-state index in [0.717, 1.165) is 27.7 Å². The summed E-state index contributed by atoms with van der Waals surface area (Å²) in [5.74, 6) is 0. The molecular weight excluding hydrogens is 224 g/mol. The molecule has 0 saturated carbocycles. The van der Waals surface area contributed by atoms with Gasteiger partial charge in [0.15, 0.2) is 0 Å². The van der Waals surface area contributed by atoms with Gasteiger partial charge in [-0.1, -0.05) is 6.07 Å². The lowest BCUT2D eigenvalue weighted by Crippen LogP contribution is -1.92. The van der Waals surface area contributed by atoms with Crippen LogP contribution in [0.3, 0.4) is 0 Å². The van der Waals surface area contributed by atoms with Crippen molar-refractivity contribution < 1.29 is 0 Å². The van der Waals surface area contributed by atoms with Crippen molar-refractivity contribution in [3.05, 3.63) is 42.4 Å². The van der Waals surface area contributed by atoms with Gasteiger partial charge < -0.3 is 5.73 Å². The molecule has 4 heteroatoms. The maximum atomic E-state index is 5.87. The lowest BCUT2D eigenvalue weighted by Gasteiger charge is -2.08. The van der Waals surface area contributed by atoms with Gasteiger partial charge in [-0.2, -0.15) is 5.10 Å². The van der Waals surface area contributed by atoms with Crippen molar-refractivity contribution >= 4 is 16.6 Å². The second-order valence-corrected chi connectivity index (χ2v) is 4.46. The molecule has 18 heavy (non-hydrogen) atoms. The Morgan fingerprint density at radius 3 is 2.78 bits per heavy atom. The van der Waals surface area contributed by atoms with E-state index in [1.807, 2.05) is 48.5 Å². The van der Waals surface area contributed by atoms with Crippen molar-refractivity contribution in [3.63, 3.8) is 0 Å². The smallest absolute Gasteiger partial charge is 0.0868 e. The second-order valence-electron chi connectivity index (χ2n) is 4.46. The first-order valence-electron chi connectivity index (χ1n) is 5.79. The molecule has 4 nitrogen and oxygen atoms in total. The highest BCUT2D eigenvalue weighted by molar-refractivity contribution is 5.94. The van der Waals surface area contributed by atoms with E-state index in [2.05, 4.69) is 17.0 Å². The molecule has 0 aliphatic heterocycles. The zero-order valence-electron chi connectivity index (χ0n) is 10.4. The third-order valence-electron chi connectivity index (χ3n) is 3.23. The van der Waals surface area contributed by atoms with Crippen LogP contribution in [0.25, 0.3) is 22.0 Å². The summed E-state index contributed by atoms with van der Waals surface area (Å²) in [6.45, 7) is 2.07. The number of fused-ring (bicyclic) bond motifs is 1. The minimum atomic E-state index is 0.761. The van der Waals surface area contributed by atoms with Crippen molar-refractivity contribution in [2.45, 2.75) is 6.92 Å². The van der Waals surface area contributed by atoms with Crippen molar-refractivity contribution in [1.82, 2.24) is 14.8 Å². The Hall–Kier alpha value is -2.36. The average Bonchev–Trinajstić information content (AvgIpc) is 2.75. The summed E-state index contributed by atoms with van der Waals surface area (Å²) in [4.78, 5) is 4.29. The van der Waals surface area contributed by atoms with Crippen molar-refractivity contribution in [2.24, 2.45) is 7.05 Å². The number of benzene rings is 1. The Kier molecular flexibility index (Phi) is 2.30. The number of rotatable bonds is 1. The lowest BCUT2D eigenvalue weighted by molar-refractivity contribution is 0.795. The first-order chi connectivity index (χ1) is 8.66. The summed E-state index contributed by atoms with van der Waals surface area (Å²) in [6.07, 6.45) is 5.56. The minimum absolute atomic E-state index is 0.761. The molecule has 3 aromatic rings. The van der Waals surface area contributed by atoms with Crippen LogP contribution in [0.5, 0.6) is 0 Å². The molecule has 0 fully saturated rings. The Morgan fingerprint density at radius 1 is 1.11 bits per heavy atom. The topological polar surface area (TPSA) is 56.7 Å². The predicted octanol–water partition coefficient (Wildman–Crippen LogP) is 2.53. The van der Waals surface area contributed by atoms with Gasteiger partial charge in [0.1, 0.15) is 0 Å². The van der Waals surface area contributed by atoms with Gasteiger partial charge in [0.2, 0.25) is 0 Å². The molecule has 3 rings (SSSR count). The van der Waals surface area contributed by atoms with Gasteiger partial charge in [0, 0.05) is 29.9 Å². The summed E-state index contributed by atoms with van der Waals surface area (Å²) in [5, 5.41) is 5.38. The fraction of sp³-hybridized carbons (Fsp3) is 0.143. The molecule has 0 unspecified atom stereocenters. The number of nitrogen functional groups attached to an aromatic ring is 1. The molecule has 2 heterocycles. The van der Waals surface area contributed by atoms with Crippen LogP contribution in [-0.4, -0.2) is 14.8 Å². The van der Waals surface area contributed by atoms with Gasteiger partial charge in [-0.15, -0.1) is 0 Å². The fourth-order valence-corrected chi connectivity index (χ4v) is 2.20. The monoisotopic (exact) mass is 238 g/mol. The standard InChI is InChI=1S/C14H14N4/c1-9-3-4-10(15)5-11(9)12-6-16-8-14-13(12)7-17-18(14)2/h3-8H,15H2,1-2H3. The predicted molar refractivity (Wildman–Crippen MR) is 73.1 cm³/mol. The molecule has 90 valence electrons. The Labute approximate surface area is 105 Å². The maximum Gasteiger partial charge on any atom is 0.0868 e. The second kappa shape index (κ2) is 3.84. The molecule has 2 aromatic heterocycles. The maximum absolute atomic E-state index is 5.87. The lowest BCUT2D eigenvalue weighted by atomic mass is 9.99. The molecule has 0 aliphatic carbocycles. The van der Waals surface area contributed by atoms with Crippen LogP contribution in [0.4, 0.5) is 5.69 Å². The third kappa shape index (κ3) is 1.54. The number of aromatic nitrogens is 3. The Bertz CT molecular complexity index is 728. The van der Waals surface area contributed by atoms with Crippen molar-refractivity contribution in [1.29, 1.82) is 0 Å². The van der Waals surface area contributed by atoms with E-state index in [9.17, 15) is 0 Å². The van der Waals surface area contributed by atoms with Crippen molar-refractivity contribution in [3.8, 4) is 11.1 Å². The van der Waals surface area contributed by atoms with Crippen LogP contribution in [0.15, 0.2) is 36.8 Å².